The molecule has 0 aliphatic carbocycles. The molecule has 0 saturated carbocycles. The molecule has 0 atom stereocenters. The molecular weight excluding hydrogens is 272 g/mol. The smallest absolute Gasteiger partial charge is 0.290 e. The summed E-state index contributed by atoms with van der Waals surface area (Å²) in [7, 11) is 0. The van der Waals surface area contributed by atoms with Gasteiger partial charge in [0.1, 0.15) is 0 Å². The Morgan fingerprint density at radius 1 is 0.864 bits per heavy atom. The molecule has 0 radical (unpaired) electrons. The van der Waals surface area contributed by atoms with E-state index in [2.05, 4.69) is 60.6 Å². The van der Waals surface area contributed by atoms with Gasteiger partial charge in [0.15, 0.2) is 0 Å². The molecule has 2 aromatic rings. The molecule has 0 amide bonds. The van der Waals surface area contributed by atoms with Crippen LogP contribution in [0.25, 0.3) is 11.3 Å². The van der Waals surface area contributed by atoms with E-state index in [0.717, 1.165) is 23.4 Å². The molecule has 1 heterocycles. The molecule has 0 unspecified atom stereocenters. The average molecular weight is 300 g/mol. The lowest BCUT2D eigenvalue weighted by atomic mass is 10.0. The molecule has 0 bridgehead atoms. The summed E-state index contributed by atoms with van der Waals surface area (Å²) in [4.78, 5) is 13.2. The van der Waals surface area contributed by atoms with Crippen molar-refractivity contribution >= 4 is 0 Å². The molecule has 22 heavy (non-hydrogen) atoms. The minimum absolute atomic E-state index is 0.0794. The number of hydrogen-bond donors (Lipinski definition) is 0. The van der Waals surface area contributed by atoms with E-state index in [4.69, 9.17) is 0 Å². The van der Waals surface area contributed by atoms with Gasteiger partial charge in [-0.15, -0.1) is 0 Å². The second-order valence-electron chi connectivity index (χ2n) is 7.81. The first-order valence-corrected chi connectivity index (χ1v) is 8.02. The van der Waals surface area contributed by atoms with E-state index in [9.17, 15) is 4.79 Å². The van der Waals surface area contributed by atoms with Crippen LogP contribution in [0.15, 0.2) is 35.1 Å². The largest absolute Gasteiger partial charge is 0.329 e. The molecule has 0 fully saturated rings. The SMILES string of the molecule is CCc1c(-c2ccccc2)n(C(C)(C)C)c(=O)n1C(C)(C)C. The molecule has 0 aliphatic heterocycles. The fourth-order valence-corrected chi connectivity index (χ4v) is 3.08. The standard InChI is InChI=1S/C19H28N2O/c1-8-15-16(14-12-10-9-11-13-14)21(19(5,6)7)17(22)20(15)18(2,3)4/h9-13H,8H2,1-7H3. The summed E-state index contributed by atoms with van der Waals surface area (Å²) in [6.45, 7) is 14.7. The molecule has 0 N–H and O–H groups in total. The minimum atomic E-state index is -0.261. The molecule has 3 heteroatoms. The Balaban J connectivity index is 2.96. The second-order valence-corrected chi connectivity index (χ2v) is 7.81. The van der Waals surface area contributed by atoms with Crippen LogP contribution in [0.1, 0.15) is 54.2 Å². The summed E-state index contributed by atoms with van der Waals surface area (Å²) < 4.78 is 3.91. The van der Waals surface area contributed by atoms with Crippen LogP contribution >= 0.6 is 0 Å². The van der Waals surface area contributed by atoms with Gasteiger partial charge in [0.25, 0.3) is 0 Å². The van der Waals surface area contributed by atoms with E-state index < -0.39 is 0 Å². The lowest BCUT2D eigenvalue weighted by molar-refractivity contribution is 0.339. The van der Waals surface area contributed by atoms with E-state index in [1.54, 1.807) is 0 Å². The van der Waals surface area contributed by atoms with E-state index >= 15 is 0 Å². The van der Waals surface area contributed by atoms with Crippen LogP contribution in [0.4, 0.5) is 0 Å². The van der Waals surface area contributed by atoms with Crippen molar-refractivity contribution in [2.75, 3.05) is 0 Å². The van der Waals surface area contributed by atoms with Crippen LogP contribution in [-0.4, -0.2) is 9.13 Å². The topological polar surface area (TPSA) is 26.9 Å². The van der Waals surface area contributed by atoms with Gasteiger partial charge in [-0.3, -0.25) is 9.13 Å². The summed E-state index contributed by atoms with van der Waals surface area (Å²) in [6.07, 6.45) is 0.833. The number of aromatic nitrogens is 2. The van der Waals surface area contributed by atoms with Crippen LogP contribution in [0.5, 0.6) is 0 Å². The van der Waals surface area contributed by atoms with Crippen molar-refractivity contribution in [2.24, 2.45) is 0 Å². The number of nitrogens with zero attached hydrogens (tertiary/aromatic N) is 2. The fourth-order valence-electron chi connectivity index (χ4n) is 3.08. The van der Waals surface area contributed by atoms with Crippen LogP contribution < -0.4 is 5.69 Å². The highest BCUT2D eigenvalue weighted by Crippen LogP contribution is 2.31. The van der Waals surface area contributed by atoms with Gasteiger partial charge in [-0.1, -0.05) is 37.3 Å². The van der Waals surface area contributed by atoms with Crippen LogP contribution in [0, 0.1) is 0 Å². The van der Waals surface area contributed by atoms with Crippen molar-refractivity contribution in [3.63, 3.8) is 0 Å². The number of imidazole rings is 1. The Morgan fingerprint density at radius 3 is 1.77 bits per heavy atom. The summed E-state index contributed by atoms with van der Waals surface area (Å²) >= 11 is 0. The first-order valence-electron chi connectivity index (χ1n) is 8.02. The third-order valence-electron chi connectivity index (χ3n) is 3.87. The van der Waals surface area contributed by atoms with Gasteiger partial charge in [0.05, 0.1) is 5.69 Å². The molecule has 3 nitrogen and oxygen atoms in total. The summed E-state index contributed by atoms with van der Waals surface area (Å²) in [5.41, 5.74) is 2.85. The third kappa shape index (κ3) is 2.77. The zero-order valence-corrected chi connectivity index (χ0v) is 14.9. The van der Waals surface area contributed by atoms with Gasteiger partial charge >= 0.3 is 5.69 Å². The Labute approximate surface area is 133 Å². The molecule has 1 aromatic carbocycles. The van der Waals surface area contributed by atoms with Gasteiger partial charge in [0, 0.05) is 22.3 Å². The maximum Gasteiger partial charge on any atom is 0.329 e. The van der Waals surface area contributed by atoms with Gasteiger partial charge in [-0.2, -0.15) is 0 Å². The van der Waals surface area contributed by atoms with Gasteiger partial charge in [0.2, 0.25) is 0 Å². The lowest BCUT2D eigenvalue weighted by Gasteiger charge is -2.23. The normalized spacial score (nSPS) is 12.7. The Kier molecular flexibility index (Phi) is 4.12. The fraction of sp³-hybridized carbons (Fsp3) is 0.526. The second kappa shape index (κ2) is 5.45. The molecule has 0 spiro atoms. The van der Waals surface area contributed by atoms with Crippen molar-refractivity contribution in [1.29, 1.82) is 0 Å². The van der Waals surface area contributed by atoms with Gasteiger partial charge < -0.3 is 0 Å². The maximum absolute atomic E-state index is 13.2. The first-order chi connectivity index (χ1) is 10.1. The zero-order valence-electron chi connectivity index (χ0n) is 14.9. The number of benzene rings is 1. The minimum Gasteiger partial charge on any atom is -0.290 e. The summed E-state index contributed by atoms with van der Waals surface area (Å²) in [6, 6.07) is 10.2. The molecule has 0 aliphatic rings. The number of hydrogen-bond acceptors (Lipinski definition) is 1. The summed E-state index contributed by atoms with van der Waals surface area (Å²) in [5, 5.41) is 0. The molecule has 2 rings (SSSR count). The Hall–Kier alpha value is -1.77. The highest BCUT2D eigenvalue weighted by molar-refractivity contribution is 5.63. The predicted molar refractivity (Wildman–Crippen MR) is 93.5 cm³/mol. The Morgan fingerprint density at radius 2 is 1.36 bits per heavy atom. The van der Waals surface area contributed by atoms with Crippen molar-refractivity contribution in [3.05, 3.63) is 46.5 Å². The highest BCUT2D eigenvalue weighted by atomic mass is 16.2. The Bertz CT molecular complexity index is 707. The van der Waals surface area contributed by atoms with E-state index in [-0.39, 0.29) is 16.8 Å². The molecular formula is C19H28N2O. The summed E-state index contributed by atoms with van der Waals surface area (Å²) in [5.74, 6) is 0. The quantitative estimate of drug-likeness (QED) is 0.808. The highest BCUT2D eigenvalue weighted by Gasteiger charge is 2.31. The van der Waals surface area contributed by atoms with Crippen molar-refractivity contribution in [2.45, 2.75) is 66.0 Å². The van der Waals surface area contributed by atoms with E-state index in [1.807, 2.05) is 27.3 Å². The predicted octanol–water partition coefficient (Wildman–Crippen LogP) is 4.39. The van der Waals surface area contributed by atoms with Crippen molar-refractivity contribution in [1.82, 2.24) is 9.13 Å². The van der Waals surface area contributed by atoms with E-state index in [1.165, 1.54) is 0 Å². The van der Waals surface area contributed by atoms with Crippen LogP contribution in [0.3, 0.4) is 0 Å². The lowest BCUT2D eigenvalue weighted by Crippen LogP contribution is -2.40. The van der Waals surface area contributed by atoms with Crippen LogP contribution in [0.2, 0.25) is 0 Å². The first kappa shape index (κ1) is 16.6. The average Bonchev–Trinajstić information content (AvgIpc) is 2.72. The van der Waals surface area contributed by atoms with Crippen molar-refractivity contribution < 1.29 is 0 Å². The van der Waals surface area contributed by atoms with Crippen LogP contribution in [-0.2, 0) is 17.5 Å². The van der Waals surface area contributed by atoms with Crippen molar-refractivity contribution in [3.8, 4) is 11.3 Å². The molecule has 120 valence electrons. The molecule has 0 saturated heterocycles. The number of rotatable bonds is 2. The van der Waals surface area contributed by atoms with Gasteiger partial charge in [-0.25, -0.2) is 4.79 Å². The zero-order chi connectivity index (χ0) is 16.7. The monoisotopic (exact) mass is 300 g/mol. The third-order valence-corrected chi connectivity index (χ3v) is 3.87. The molecule has 1 aromatic heterocycles. The van der Waals surface area contributed by atoms with E-state index in [0.29, 0.717) is 0 Å². The maximum atomic E-state index is 13.2. The van der Waals surface area contributed by atoms with Gasteiger partial charge in [-0.05, 0) is 48.0 Å².